The highest BCUT2D eigenvalue weighted by Crippen LogP contribution is 2.45. The lowest BCUT2D eigenvalue weighted by molar-refractivity contribution is -0.135. The van der Waals surface area contributed by atoms with E-state index < -0.39 is 11.6 Å². The van der Waals surface area contributed by atoms with E-state index in [1.54, 1.807) is 33.8 Å². The third-order valence-corrected chi connectivity index (χ3v) is 8.84. The number of imidazole rings is 1. The van der Waals surface area contributed by atoms with Crippen LogP contribution in [0, 0.1) is 30.4 Å². The van der Waals surface area contributed by atoms with Crippen LogP contribution in [0.25, 0.3) is 16.9 Å². The summed E-state index contributed by atoms with van der Waals surface area (Å²) in [6.07, 6.45) is 5.77. The normalized spacial score (nSPS) is 21.2. The molecule has 3 aliphatic rings. The molecule has 2 amide bonds. The van der Waals surface area contributed by atoms with E-state index in [1.807, 2.05) is 17.9 Å². The molecule has 0 spiro atoms. The van der Waals surface area contributed by atoms with Gasteiger partial charge in [0.05, 0.1) is 25.0 Å². The molecule has 0 bridgehead atoms. The first-order valence-corrected chi connectivity index (χ1v) is 14.4. The van der Waals surface area contributed by atoms with Crippen molar-refractivity contribution in [3.05, 3.63) is 71.7 Å². The average molecular weight is 588 g/mol. The van der Waals surface area contributed by atoms with E-state index in [2.05, 4.69) is 20.6 Å². The topological polar surface area (TPSA) is 104 Å². The zero-order valence-corrected chi connectivity index (χ0v) is 23.8. The van der Waals surface area contributed by atoms with E-state index in [0.29, 0.717) is 66.4 Å². The molecule has 3 fully saturated rings. The lowest BCUT2D eigenvalue weighted by Crippen LogP contribution is -2.55. The van der Waals surface area contributed by atoms with Gasteiger partial charge in [0.2, 0.25) is 11.7 Å². The number of anilines is 2. The molecule has 3 atom stereocenters. The summed E-state index contributed by atoms with van der Waals surface area (Å²) in [6.45, 7) is 4.87. The molecule has 12 heteroatoms. The number of halogens is 2. The first-order valence-electron chi connectivity index (χ1n) is 14.4. The van der Waals surface area contributed by atoms with Gasteiger partial charge in [-0.25, -0.2) is 14.4 Å². The second-order valence-corrected chi connectivity index (χ2v) is 11.4. The van der Waals surface area contributed by atoms with Gasteiger partial charge in [-0.05, 0) is 67.6 Å². The van der Waals surface area contributed by atoms with Crippen LogP contribution in [0.5, 0.6) is 5.75 Å². The predicted molar refractivity (Wildman–Crippen MR) is 155 cm³/mol. The maximum atomic E-state index is 14.8. The molecule has 4 aromatic rings. The zero-order chi connectivity index (χ0) is 29.8. The Morgan fingerprint density at radius 2 is 1.84 bits per heavy atom. The number of nitrogens with zero attached hydrogens (tertiary/aromatic N) is 5. The highest BCUT2D eigenvalue weighted by molar-refractivity contribution is 5.96. The number of aromatic nitrogens is 3. The number of rotatable bonds is 6. The molecule has 4 heterocycles. The van der Waals surface area contributed by atoms with Gasteiger partial charge in [-0.15, -0.1) is 0 Å². The van der Waals surface area contributed by atoms with Gasteiger partial charge in [-0.3, -0.25) is 14.0 Å². The Labute approximate surface area is 246 Å². The summed E-state index contributed by atoms with van der Waals surface area (Å²) in [5, 5.41) is 6.59. The maximum Gasteiger partial charge on any atom is 0.254 e. The molecule has 222 valence electrons. The Morgan fingerprint density at radius 3 is 2.53 bits per heavy atom. The van der Waals surface area contributed by atoms with Crippen molar-refractivity contribution >= 4 is 29.0 Å². The van der Waals surface area contributed by atoms with Crippen LogP contribution >= 0.6 is 0 Å². The van der Waals surface area contributed by atoms with Crippen molar-refractivity contribution in [1.82, 2.24) is 29.5 Å². The number of amides is 2. The number of benzene rings is 2. The van der Waals surface area contributed by atoms with Gasteiger partial charge in [0.15, 0.2) is 23.0 Å². The van der Waals surface area contributed by atoms with Crippen LogP contribution in [-0.2, 0) is 4.79 Å². The van der Waals surface area contributed by atoms with E-state index in [-0.39, 0.29) is 29.2 Å². The van der Waals surface area contributed by atoms with E-state index in [1.165, 1.54) is 25.4 Å². The summed E-state index contributed by atoms with van der Waals surface area (Å²) in [5.74, 6) is -0.617. The molecule has 2 N–H and O–H groups in total. The summed E-state index contributed by atoms with van der Waals surface area (Å²) in [4.78, 5) is 38.8. The molecule has 10 nitrogen and oxygen atoms in total. The minimum Gasteiger partial charge on any atom is -0.494 e. The van der Waals surface area contributed by atoms with Gasteiger partial charge < -0.3 is 25.2 Å². The Bertz CT molecular complexity index is 1750. The number of ether oxygens (including phenoxy) is 1. The quantitative estimate of drug-likeness (QED) is 0.355. The number of methoxy groups -OCH3 is 1. The van der Waals surface area contributed by atoms with Gasteiger partial charge in [0, 0.05) is 55.4 Å². The summed E-state index contributed by atoms with van der Waals surface area (Å²) in [5.41, 5.74) is 2.89. The van der Waals surface area contributed by atoms with Crippen LogP contribution in [0.2, 0.25) is 0 Å². The van der Waals surface area contributed by atoms with Crippen molar-refractivity contribution < 1.29 is 23.1 Å². The summed E-state index contributed by atoms with van der Waals surface area (Å²) in [6, 6.07) is 8.19. The number of fused-ring (bicyclic) bond motifs is 2. The number of nitrogens with one attached hydrogen (secondary N) is 2. The second-order valence-electron chi connectivity index (χ2n) is 11.4. The fourth-order valence-electron chi connectivity index (χ4n) is 6.32. The Morgan fingerprint density at radius 1 is 1.05 bits per heavy atom. The molecule has 2 aromatic heterocycles. The second kappa shape index (κ2) is 10.6. The molecule has 2 saturated heterocycles. The Kier molecular flexibility index (Phi) is 6.72. The maximum absolute atomic E-state index is 14.8. The molecule has 1 saturated carbocycles. The number of aryl methyl sites for hydroxylation is 1. The SMILES string of the molecule is COc1ccc(-c2cnc3c(Nc4ccc(C(=O)N5CCN(C(=O)[C@H]6NC[C@H]7C[C@H]76)CC5)c(C)c4)nccn23)c(F)c1F. The predicted octanol–water partition coefficient (Wildman–Crippen LogP) is 3.63. The summed E-state index contributed by atoms with van der Waals surface area (Å²) < 4.78 is 35.7. The molecule has 0 unspecified atom stereocenters. The van der Waals surface area contributed by atoms with E-state index >= 15 is 0 Å². The molecule has 1 aliphatic carbocycles. The molecule has 7 rings (SSSR count). The molecular formula is C31H31F2N7O3. The Hall–Kier alpha value is -4.58. The van der Waals surface area contributed by atoms with E-state index in [0.717, 1.165) is 18.5 Å². The largest absolute Gasteiger partial charge is 0.494 e. The van der Waals surface area contributed by atoms with Crippen molar-refractivity contribution in [1.29, 1.82) is 0 Å². The fraction of sp³-hybridized carbons (Fsp3) is 0.355. The van der Waals surface area contributed by atoms with Crippen molar-refractivity contribution in [2.75, 3.05) is 45.2 Å². The van der Waals surface area contributed by atoms with Crippen molar-refractivity contribution in [3.8, 4) is 17.0 Å². The summed E-state index contributed by atoms with van der Waals surface area (Å²) >= 11 is 0. The first-order chi connectivity index (χ1) is 20.8. The number of piperidine rings is 1. The lowest BCUT2D eigenvalue weighted by Gasteiger charge is -2.36. The Balaban J connectivity index is 1.05. The minimum absolute atomic E-state index is 0.0404. The fourth-order valence-corrected chi connectivity index (χ4v) is 6.32. The van der Waals surface area contributed by atoms with Gasteiger partial charge >= 0.3 is 0 Å². The van der Waals surface area contributed by atoms with Gasteiger partial charge in [-0.2, -0.15) is 4.39 Å². The lowest BCUT2D eigenvalue weighted by atomic mass is 10.1. The highest BCUT2D eigenvalue weighted by atomic mass is 19.2. The van der Waals surface area contributed by atoms with Crippen LogP contribution in [0.3, 0.4) is 0 Å². The van der Waals surface area contributed by atoms with Crippen molar-refractivity contribution in [2.45, 2.75) is 19.4 Å². The van der Waals surface area contributed by atoms with E-state index in [4.69, 9.17) is 4.74 Å². The first kappa shape index (κ1) is 27.3. The van der Waals surface area contributed by atoms with Gasteiger partial charge in [0.1, 0.15) is 0 Å². The van der Waals surface area contributed by atoms with E-state index in [9.17, 15) is 18.4 Å². The number of hydrogen-bond acceptors (Lipinski definition) is 7. The van der Waals surface area contributed by atoms with Crippen LogP contribution in [0.1, 0.15) is 22.3 Å². The standard InChI is InChI=1S/C31H31F2N7O3/c1-17-13-19(3-4-20(17)30(41)38-9-11-39(12-10-38)31(42)27-22-14-18(22)15-35-27)37-28-29-36-16-23(40(29)8-7-34-28)21-5-6-24(43-2)26(33)25(21)32/h3-8,13,16,18,22,27,35H,9-12,14-15H2,1-2H3,(H,34,37)/t18-,22-,27+/m1/s1. The molecule has 2 aromatic carbocycles. The molecular weight excluding hydrogens is 556 g/mol. The summed E-state index contributed by atoms with van der Waals surface area (Å²) in [7, 11) is 1.28. The minimum atomic E-state index is -1.07. The third-order valence-electron chi connectivity index (χ3n) is 8.84. The average Bonchev–Trinajstić information content (AvgIpc) is 3.46. The molecule has 0 radical (unpaired) electrons. The van der Waals surface area contributed by atoms with Gasteiger partial charge in [0.25, 0.3) is 5.91 Å². The molecule has 43 heavy (non-hydrogen) atoms. The van der Waals surface area contributed by atoms with Gasteiger partial charge in [-0.1, -0.05) is 0 Å². The highest BCUT2D eigenvalue weighted by Gasteiger charge is 2.52. The van der Waals surface area contributed by atoms with Crippen molar-refractivity contribution in [2.24, 2.45) is 11.8 Å². The van der Waals surface area contributed by atoms with Crippen molar-refractivity contribution in [3.63, 3.8) is 0 Å². The number of hydrogen-bond donors (Lipinski definition) is 2. The number of piperazine rings is 1. The smallest absolute Gasteiger partial charge is 0.254 e. The van der Waals surface area contributed by atoms with Crippen LogP contribution in [0.4, 0.5) is 20.3 Å². The molecule has 2 aliphatic heterocycles. The van der Waals surface area contributed by atoms with Crippen LogP contribution in [-0.4, -0.2) is 81.9 Å². The third kappa shape index (κ3) is 4.75. The number of carbonyl (C=O) groups excluding carboxylic acids is 2. The van der Waals surface area contributed by atoms with Crippen LogP contribution in [0.15, 0.2) is 48.9 Å². The van der Waals surface area contributed by atoms with Crippen LogP contribution < -0.4 is 15.4 Å². The number of carbonyl (C=O) groups is 2. The zero-order valence-electron chi connectivity index (χ0n) is 23.8. The monoisotopic (exact) mass is 587 g/mol.